The highest BCUT2D eigenvalue weighted by Gasteiger charge is 2.22. The Labute approximate surface area is 167 Å². The van der Waals surface area contributed by atoms with Crippen LogP contribution in [0.4, 0.5) is 0 Å². The van der Waals surface area contributed by atoms with Gasteiger partial charge in [-0.25, -0.2) is 0 Å². The predicted octanol–water partition coefficient (Wildman–Crippen LogP) is 0.928. The number of hydrogen-bond acceptors (Lipinski definition) is 7. The van der Waals surface area contributed by atoms with E-state index < -0.39 is 11.6 Å². The van der Waals surface area contributed by atoms with Crippen molar-refractivity contribution in [2.24, 2.45) is 0 Å². The van der Waals surface area contributed by atoms with Crippen molar-refractivity contribution in [3.63, 3.8) is 0 Å². The van der Waals surface area contributed by atoms with Crippen LogP contribution in [0, 0.1) is 0 Å². The summed E-state index contributed by atoms with van der Waals surface area (Å²) in [6.45, 7) is 10.6. The first-order valence-corrected chi connectivity index (χ1v) is 9.72. The molecule has 0 aromatic carbocycles. The van der Waals surface area contributed by atoms with Gasteiger partial charge in [0.1, 0.15) is 5.60 Å². The standard InChI is InChI=1S/C20H32N4O4/c1-20(2,3)28-19(27)16-24-12-9-22(14-17-6-4-5-7-21-17)8-10-23(11-13-24)15-18(25)26/h4-7H,8-16H2,1-3H3,(H,25,26). The fraction of sp³-hybridized carbons (Fsp3) is 0.650. The number of esters is 1. The molecule has 8 nitrogen and oxygen atoms in total. The molecule has 0 amide bonds. The first-order valence-electron chi connectivity index (χ1n) is 9.72. The van der Waals surface area contributed by atoms with Gasteiger partial charge in [0.15, 0.2) is 0 Å². The Balaban J connectivity index is 2.02. The van der Waals surface area contributed by atoms with Crippen molar-refractivity contribution in [3.8, 4) is 0 Å². The minimum Gasteiger partial charge on any atom is -0.480 e. The average Bonchev–Trinajstić information content (AvgIpc) is 2.67. The van der Waals surface area contributed by atoms with Gasteiger partial charge in [0.25, 0.3) is 0 Å². The zero-order valence-corrected chi connectivity index (χ0v) is 17.1. The Hall–Kier alpha value is -2.03. The van der Waals surface area contributed by atoms with E-state index in [1.165, 1.54) is 0 Å². The zero-order valence-electron chi connectivity index (χ0n) is 17.1. The van der Waals surface area contributed by atoms with Gasteiger partial charge in [0, 0.05) is 52.0 Å². The number of ether oxygens (including phenoxy) is 1. The summed E-state index contributed by atoms with van der Waals surface area (Å²) in [5, 5.41) is 9.19. The average molecular weight is 393 g/mol. The summed E-state index contributed by atoms with van der Waals surface area (Å²) in [5.41, 5.74) is 0.460. The van der Waals surface area contributed by atoms with Crippen LogP contribution < -0.4 is 0 Å². The van der Waals surface area contributed by atoms with Gasteiger partial charge in [-0.2, -0.15) is 0 Å². The minimum atomic E-state index is -0.839. The molecule has 2 rings (SSSR count). The van der Waals surface area contributed by atoms with Crippen LogP contribution >= 0.6 is 0 Å². The molecule has 0 saturated carbocycles. The van der Waals surface area contributed by atoms with E-state index in [1.54, 1.807) is 6.20 Å². The van der Waals surface area contributed by atoms with Gasteiger partial charge >= 0.3 is 11.9 Å². The number of nitrogens with zero attached hydrogens (tertiary/aromatic N) is 4. The third kappa shape index (κ3) is 8.77. The highest BCUT2D eigenvalue weighted by molar-refractivity contribution is 5.72. The third-order valence-corrected chi connectivity index (χ3v) is 4.44. The van der Waals surface area contributed by atoms with Crippen molar-refractivity contribution in [2.75, 3.05) is 52.4 Å². The summed E-state index contributed by atoms with van der Waals surface area (Å²) in [6.07, 6.45) is 1.77. The van der Waals surface area contributed by atoms with E-state index in [2.05, 4.69) is 9.88 Å². The molecule has 1 aromatic rings. The maximum Gasteiger partial charge on any atom is 0.320 e. The van der Waals surface area contributed by atoms with E-state index in [1.807, 2.05) is 48.8 Å². The van der Waals surface area contributed by atoms with Crippen LogP contribution in [0.15, 0.2) is 24.4 Å². The zero-order chi connectivity index (χ0) is 20.6. The first kappa shape index (κ1) is 22.3. The lowest BCUT2D eigenvalue weighted by Gasteiger charge is -2.26. The summed E-state index contributed by atoms with van der Waals surface area (Å²) < 4.78 is 5.45. The molecule has 1 N–H and O–H groups in total. The monoisotopic (exact) mass is 392 g/mol. The second-order valence-electron chi connectivity index (χ2n) is 8.13. The Morgan fingerprint density at radius 2 is 1.57 bits per heavy atom. The van der Waals surface area contributed by atoms with Crippen molar-refractivity contribution < 1.29 is 19.4 Å². The summed E-state index contributed by atoms with van der Waals surface area (Å²) >= 11 is 0. The fourth-order valence-electron chi connectivity index (χ4n) is 3.13. The maximum absolute atomic E-state index is 12.2. The summed E-state index contributed by atoms with van der Waals surface area (Å²) in [6, 6.07) is 5.84. The minimum absolute atomic E-state index is 0.00228. The van der Waals surface area contributed by atoms with Gasteiger partial charge in [-0.05, 0) is 32.9 Å². The number of pyridine rings is 1. The molecule has 1 saturated heterocycles. The van der Waals surface area contributed by atoms with E-state index in [4.69, 9.17) is 4.74 Å². The molecule has 0 spiro atoms. The number of aromatic nitrogens is 1. The van der Waals surface area contributed by atoms with Crippen molar-refractivity contribution in [3.05, 3.63) is 30.1 Å². The van der Waals surface area contributed by atoms with Crippen molar-refractivity contribution in [2.45, 2.75) is 32.9 Å². The van der Waals surface area contributed by atoms with Gasteiger partial charge in [-0.15, -0.1) is 0 Å². The third-order valence-electron chi connectivity index (χ3n) is 4.44. The normalized spacial score (nSPS) is 18.1. The number of aliphatic carboxylic acids is 1. The van der Waals surface area contributed by atoms with Crippen LogP contribution in [0.25, 0.3) is 0 Å². The van der Waals surface area contributed by atoms with E-state index in [0.29, 0.717) is 32.7 Å². The van der Waals surface area contributed by atoms with Crippen LogP contribution in [0.5, 0.6) is 0 Å². The number of hydrogen-bond donors (Lipinski definition) is 1. The molecule has 1 aromatic heterocycles. The molecule has 1 fully saturated rings. The molecule has 156 valence electrons. The molecule has 28 heavy (non-hydrogen) atoms. The van der Waals surface area contributed by atoms with E-state index >= 15 is 0 Å². The molecule has 8 heteroatoms. The highest BCUT2D eigenvalue weighted by atomic mass is 16.6. The quantitative estimate of drug-likeness (QED) is 0.716. The van der Waals surface area contributed by atoms with Gasteiger partial charge < -0.3 is 9.84 Å². The molecule has 0 aliphatic carbocycles. The number of rotatable bonds is 6. The van der Waals surface area contributed by atoms with E-state index in [9.17, 15) is 14.7 Å². The van der Waals surface area contributed by atoms with Crippen LogP contribution in [0.2, 0.25) is 0 Å². The molecule has 0 atom stereocenters. The molecular formula is C20H32N4O4. The number of carboxylic acid groups (broad SMARTS) is 1. The van der Waals surface area contributed by atoms with Crippen molar-refractivity contribution in [1.29, 1.82) is 0 Å². The van der Waals surface area contributed by atoms with Crippen LogP contribution in [0.1, 0.15) is 26.5 Å². The number of carbonyl (C=O) groups is 2. The lowest BCUT2D eigenvalue weighted by atomic mass is 10.2. The van der Waals surface area contributed by atoms with Gasteiger partial charge in [0.05, 0.1) is 18.8 Å². The molecule has 0 unspecified atom stereocenters. The van der Waals surface area contributed by atoms with Crippen LogP contribution in [-0.2, 0) is 20.9 Å². The van der Waals surface area contributed by atoms with Crippen molar-refractivity contribution >= 4 is 11.9 Å². The SMILES string of the molecule is CC(C)(C)OC(=O)CN1CCN(CC(=O)O)CCN(Cc2ccccn2)CC1. The number of carboxylic acids is 1. The summed E-state index contributed by atoms with van der Waals surface area (Å²) in [5.74, 6) is -1.10. The Kier molecular flexibility index (Phi) is 8.35. The molecule has 0 radical (unpaired) electrons. The summed E-state index contributed by atoms with van der Waals surface area (Å²) in [7, 11) is 0. The number of carbonyl (C=O) groups excluding carboxylic acids is 1. The predicted molar refractivity (Wildman–Crippen MR) is 106 cm³/mol. The second kappa shape index (κ2) is 10.5. The lowest BCUT2D eigenvalue weighted by molar-refractivity contribution is -0.156. The summed E-state index contributed by atoms with van der Waals surface area (Å²) in [4.78, 5) is 34.0. The topological polar surface area (TPSA) is 86.2 Å². The Morgan fingerprint density at radius 3 is 2.07 bits per heavy atom. The largest absolute Gasteiger partial charge is 0.480 e. The fourth-order valence-corrected chi connectivity index (χ4v) is 3.13. The van der Waals surface area contributed by atoms with Crippen LogP contribution in [-0.4, -0.2) is 94.7 Å². The van der Waals surface area contributed by atoms with E-state index in [0.717, 1.165) is 18.8 Å². The molecule has 2 heterocycles. The molecule has 1 aliphatic rings. The van der Waals surface area contributed by atoms with Gasteiger partial charge in [-0.1, -0.05) is 6.07 Å². The highest BCUT2D eigenvalue weighted by Crippen LogP contribution is 2.09. The molecule has 0 bridgehead atoms. The van der Waals surface area contributed by atoms with Gasteiger partial charge in [0.2, 0.25) is 0 Å². The maximum atomic E-state index is 12.2. The first-order chi connectivity index (χ1) is 13.2. The lowest BCUT2D eigenvalue weighted by Crippen LogP contribution is -2.41. The Bertz CT molecular complexity index is 633. The molecular weight excluding hydrogens is 360 g/mol. The molecule has 1 aliphatic heterocycles. The Morgan fingerprint density at radius 1 is 1.00 bits per heavy atom. The van der Waals surface area contributed by atoms with Crippen LogP contribution in [0.3, 0.4) is 0 Å². The smallest absolute Gasteiger partial charge is 0.320 e. The van der Waals surface area contributed by atoms with Gasteiger partial charge in [-0.3, -0.25) is 29.3 Å². The van der Waals surface area contributed by atoms with Crippen molar-refractivity contribution in [1.82, 2.24) is 19.7 Å². The second-order valence-corrected chi connectivity index (χ2v) is 8.13. The van der Waals surface area contributed by atoms with E-state index in [-0.39, 0.29) is 19.1 Å².